The second-order valence-electron chi connectivity index (χ2n) is 9.92. The normalized spacial score (nSPS) is 16.7. The van der Waals surface area contributed by atoms with E-state index in [1.807, 2.05) is 0 Å². The summed E-state index contributed by atoms with van der Waals surface area (Å²) in [6.07, 6.45) is 2.97. The molecule has 2 heterocycles. The average molecular weight is 521 g/mol. The van der Waals surface area contributed by atoms with Crippen molar-refractivity contribution in [3.63, 3.8) is 0 Å². The van der Waals surface area contributed by atoms with Gasteiger partial charge in [-0.25, -0.2) is 17.6 Å². The van der Waals surface area contributed by atoms with Crippen molar-refractivity contribution in [2.24, 2.45) is 5.41 Å². The van der Waals surface area contributed by atoms with Gasteiger partial charge in [0.15, 0.2) is 11.6 Å². The highest BCUT2D eigenvalue weighted by Crippen LogP contribution is 2.39. The third-order valence-corrected chi connectivity index (χ3v) is 7.59. The number of aliphatic hydroxyl groups is 2. The lowest BCUT2D eigenvalue weighted by molar-refractivity contribution is 0.0231. The molecule has 1 aliphatic heterocycles. The van der Waals surface area contributed by atoms with Crippen molar-refractivity contribution in [2.75, 3.05) is 33.4 Å². The molecule has 9 heteroatoms. The van der Waals surface area contributed by atoms with Crippen molar-refractivity contribution in [3.05, 3.63) is 70.9 Å². The van der Waals surface area contributed by atoms with Gasteiger partial charge in [-0.1, -0.05) is 0 Å². The lowest BCUT2D eigenvalue weighted by Gasteiger charge is -2.41. The van der Waals surface area contributed by atoms with Gasteiger partial charge in [-0.15, -0.1) is 0 Å². The van der Waals surface area contributed by atoms with Crippen LogP contribution in [0.2, 0.25) is 0 Å². The molecule has 2 aromatic carbocycles. The van der Waals surface area contributed by atoms with Crippen molar-refractivity contribution in [1.82, 2.24) is 9.88 Å². The topological polar surface area (TPSA) is 65.8 Å². The number of methoxy groups -OCH3 is 1. The Bertz CT molecular complexity index is 1230. The van der Waals surface area contributed by atoms with Crippen LogP contribution in [0.25, 0.3) is 10.9 Å². The Labute approximate surface area is 213 Å². The number of aliphatic hydroxyl groups excluding tert-OH is 2. The van der Waals surface area contributed by atoms with E-state index in [0.29, 0.717) is 68.0 Å². The molecule has 1 saturated heterocycles. The van der Waals surface area contributed by atoms with E-state index in [0.717, 1.165) is 12.3 Å². The van der Waals surface area contributed by atoms with Crippen LogP contribution in [-0.2, 0) is 6.42 Å². The van der Waals surface area contributed by atoms with Gasteiger partial charge in [-0.2, -0.15) is 0 Å². The van der Waals surface area contributed by atoms with Gasteiger partial charge < -0.3 is 19.8 Å². The Morgan fingerprint density at radius 3 is 2.54 bits per heavy atom. The van der Waals surface area contributed by atoms with E-state index in [4.69, 9.17) is 4.74 Å². The number of hydrogen-bond acceptors (Lipinski definition) is 5. The highest BCUT2D eigenvalue weighted by molar-refractivity contribution is 5.84. The van der Waals surface area contributed by atoms with E-state index in [1.165, 1.54) is 7.11 Å². The number of hydrogen-bond donors (Lipinski definition) is 2. The van der Waals surface area contributed by atoms with Gasteiger partial charge in [0, 0.05) is 23.6 Å². The molecule has 1 aliphatic rings. The predicted octanol–water partition coefficient (Wildman–Crippen LogP) is 5.32. The molecule has 0 spiro atoms. The molecule has 2 N–H and O–H groups in total. The standard InChI is InChI=1S/C28H32F4N2O3/c1-37-20-4-5-24-21(15-20)26(23(31)16-33-24)25(36)6-7-28(17-35)8-11-34(12-9-28)10-2-3-18-13-19(29)14-22(30)27(18)32/h4-5,13-16,25,35-36H,2-3,6-12,17H2,1H3/t25-/m1/s1. The smallest absolute Gasteiger partial charge is 0.162 e. The summed E-state index contributed by atoms with van der Waals surface area (Å²) in [5.74, 6) is -3.02. The first kappa shape index (κ1) is 27.3. The molecule has 0 saturated carbocycles. The summed E-state index contributed by atoms with van der Waals surface area (Å²) in [4.78, 5) is 6.28. The van der Waals surface area contributed by atoms with Crippen molar-refractivity contribution in [1.29, 1.82) is 0 Å². The second-order valence-corrected chi connectivity index (χ2v) is 9.92. The molecule has 0 bridgehead atoms. The van der Waals surface area contributed by atoms with Crippen LogP contribution in [-0.4, -0.2) is 53.4 Å². The number of likely N-dealkylation sites (tertiary alicyclic amines) is 1. The van der Waals surface area contributed by atoms with Crippen LogP contribution in [0.4, 0.5) is 17.6 Å². The average Bonchev–Trinajstić information content (AvgIpc) is 2.90. The maximum atomic E-state index is 14.7. The fourth-order valence-corrected chi connectivity index (χ4v) is 5.24. The van der Waals surface area contributed by atoms with Crippen molar-refractivity contribution in [2.45, 2.75) is 44.6 Å². The second kappa shape index (κ2) is 11.8. The third kappa shape index (κ3) is 6.22. The number of rotatable bonds is 10. The van der Waals surface area contributed by atoms with Crippen LogP contribution in [0.15, 0.2) is 36.5 Å². The summed E-state index contributed by atoms with van der Waals surface area (Å²) < 4.78 is 60.7. The molecule has 0 unspecified atom stereocenters. The van der Waals surface area contributed by atoms with Crippen molar-refractivity contribution >= 4 is 10.9 Å². The zero-order valence-electron chi connectivity index (χ0n) is 20.8. The Morgan fingerprint density at radius 1 is 1.08 bits per heavy atom. The van der Waals surface area contributed by atoms with Gasteiger partial charge >= 0.3 is 0 Å². The molecule has 0 amide bonds. The number of pyridine rings is 1. The van der Waals surface area contributed by atoms with Gasteiger partial charge in [0.1, 0.15) is 17.4 Å². The summed E-state index contributed by atoms with van der Waals surface area (Å²) in [6.45, 7) is 1.98. The van der Waals surface area contributed by atoms with Crippen LogP contribution in [0.3, 0.4) is 0 Å². The first-order chi connectivity index (χ1) is 17.7. The van der Waals surface area contributed by atoms with Crippen LogP contribution in [0.1, 0.15) is 49.3 Å². The minimum Gasteiger partial charge on any atom is -0.497 e. The first-order valence-corrected chi connectivity index (χ1v) is 12.5. The molecule has 5 nitrogen and oxygen atoms in total. The maximum Gasteiger partial charge on any atom is 0.162 e. The zero-order chi connectivity index (χ0) is 26.6. The highest BCUT2D eigenvalue weighted by Gasteiger charge is 2.34. The Hall–Kier alpha value is -2.75. The summed E-state index contributed by atoms with van der Waals surface area (Å²) in [6, 6.07) is 6.67. The lowest BCUT2D eigenvalue weighted by Crippen LogP contribution is -2.42. The minimum absolute atomic E-state index is 0.0293. The Morgan fingerprint density at radius 2 is 1.84 bits per heavy atom. The summed E-state index contributed by atoms with van der Waals surface area (Å²) in [5.41, 5.74) is 0.367. The summed E-state index contributed by atoms with van der Waals surface area (Å²) in [7, 11) is 1.51. The van der Waals surface area contributed by atoms with E-state index in [9.17, 15) is 27.8 Å². The quantitative estimate of drug-likeness (QED) is 0.280. The largest absolute Gasteiger partial charge is 0.497 e. The van der Waals surface area contributed by atoms with Crippen LogP contribution in [0, 0.1) is 28.7 Å². The van der Waals surface area contributed by atoms with Gasteiger partial charge in [0.25, 0.3) is 0 Å². The highest BCUT2D eigenvalue weighted by atomic mass is 19.2. The number of nitrogens with zero attached hydrogens (tertiary/aromatic N) is 2. The molecule has 4 rings (SSSR count). The fraction of sp³-hybridized carbons (Fsp3) is 0.464. The Balaban J connectivity index is 1.33. The number of benzene rings is 2. The molecule has 1 aromatic heterocycles. The van der Waals surface area contributed by atoms with E-state index in [-0.39, 0.29) is 30.6 Å². The molecular formula is C28H32F4N2O3. The van der Waals surface area contributed by atoms with Gasteiger partial charge in [0.05, 0.1) is 24.9 Å². The lowest BCUT2D eigenvalue weighted by atomic mass is 9.74. The monoisotopic (exact) mass is 520 g/mol. The maximum absolute atomic E-state index is 14.7. The molecule has 0 radical (unpaired) electrons. The van der Waals surface area contributed by atoms with Gasteiger partial charge in [-0.05, 0) is 93.4 Å². The Kier molecular flexibility index (Phi) is 8.67. The number of aryl methyl sites for hydroxylation is 1. The van der Waals surface area contributed by atoms with E-state index in [2.05, 4.69) is 9.88 Å². The third-order valence-electron chi connectivity index (χ3n) is 7.59. The predicted molar refractivity (Wildman–Crippen MR) is 132 cm³/mol. The van der Waals surface area contributed by atoms with Crippen molar-refractivity contribution in [3.8, 4) is 5.75 Å². The number of halogens is 4. The fourth-order valence-electron chi connectivity index (χ4n) is 5.24. The molecule has 3 aromatic rings. The van der Waals surface area contributed by atoms with E-state index >= 15 is 0 Å². The SMILES string of the molecule is COc1ccc2ncc(F)c([C@H](O)CCC3(CO)CCN(CCCc4cc(F)cc(F)c4F)CC3)c2c1. The number of fused-ring (bicyclic) bond motifs is 1. The van der Waals surface area contributed by atoms with Gasteiger partial charge in [-0.3, -0.25) is 4.98 Å². The number of aromatic nitrogens is 1. The summed E-state index contributed by atoms with van der Waals surface area (Å²) >= 11 is 0. The molecule has 0 aliphatic carbocycles. The molecular weight excluding hydrogens is 488 g/mol. The van der Waals surface area contributed by atoms with Crippen LogP contribution >= 0.6 is 0 Å². The van der Waals surface area contributed by atoms with Crippen LogP contribution < -0.4 is 4.74 Å². The molecule has 200 valence electrons. The van der Waals surface area contributed by atoms with E-state index in [1.54, 1.807) is 18.2 Å². The minimum atomic E-state index is -1.18. The summed E-state index contributed by atoms with van der Waals surface area (Å²) in [5, 5.41) is 21.7. The van der Waals surface area contributed by atoms with Gasteiger partial charge in [0.2, 0.25) is 0 Å². The number of ether oxygens (including phenoxy) is 1. The van der Waals surface area contributed by atoms with E-state index < -0.39 is 34.8 Å². The zero-order valence-corrected chi connectivity index (χ0v) is 20.8. The number of piperidine rings is 1. The molecule has 37 heavy (non-hydrogen) atoms. The van der Waals surface area contributed by atoms with Crippen molar-refractivity contribution < 1.29 is 32.5 Å². The molecule has 1 atom stereocenters. The van der Waals surface area contributed by atoms with Crippen LogP contribution in [0.5, 0.6) is 5.75 Å². The first-order valence-electron chi connectivity index (χ1n) is 12.5. The molecule has 1 fully saturated rings.